The Hall–Kier alpha value is -0.545. The molecule has 4 nitrogen and oxygen atoms in total. The molecule has 0 aromatic heterocycles. The van der Waals surface area contributed by atoms with Crippen LogP contribution in [0.4, 0.5) is 4.79 Å². The third kappa shape index (κ3) is 5.88. The van der Waals surface area contributed by atoms with Gasteiger partial charge in [-0.3, -0.25) is 4.79 Å². The summed E-state index contributed by atoms with van der Waals surface area (Å²) in [5.74, 6) is -1.33. The smallest absolute Gasteiger partial charge is 0.484 e. The molecule has 0 aliphatic heterocycles. The van der Waals surface area contributed by atoms with E-state index < -0.39 is 13.0 Å². The first-order valence-electron chi connectivity index (χ1n) is 3.71. The Balaban J connectivity index is 3.17. The summed E-state index contributed by atoms with van der Waals surface area (Å²) in [4.78, 5) is 9.99. The zero-order valence-corrected chi connectivity index (χ0v) is 6.62. The largest absolute Gasteiger partial charge is 0.581 e. The van der Waals surface area contributed by atoms with Crippen molar-refractivity contribution < 1.29 is 19.6 Å². The number of hydrogen-bond donors (Lipinski definition) is 2. The highest BCUT2D eigenvalue weighted by atomic mass is 16.5. The second-order valence-corrected chi connectivity index (χ2v) is 2.27. The van der Waals surface area contributed by atoms with Crippen molar-refractivity contribution in [1.82, 2.24) is 0 Å². The molecule has 64 valence electrons. The number of unbranched alkanes of at least 4 members (excludes halogenated alkanes) is 2. The summed E-state index contributed by atoms with van der Waals surface area (Å²) < 4.78 is 4.56. The fraction of sp³-hybridized carbons (Fsp3) is 0.833. The predicted molar refractivity (Wildman–Crippen MR) is 41.5 cm³/mol. The predicted octanol–water partition coefficient (Wildman–Crippen LogP) is 0.933. The molecule has 0 amide bonds. The molecule has 0 saturated carbocycles. The average molecular weight is 160 g/mol. The normalized spacial score (nSPS) is 9.64. The second-order valence-electron chi connectivity index (χ2n) is 2.27. The highest BCUT2D eigenvalue weighted by Gasteiger charge is 2.22. The van der Waals surface area contributed by atoms with Gasteiger partial charge in [0.25, 0.3) is 0 Å². The minimum absolute atomic E-state index is 0.307. The number of rotatable bonds is 6. The molecule has 0 spiro atoms. The Labute approximate surface area is 66.3 Å². The third-order valence-electron chi connectivity index (χ3n) is 1.23. The van der Waals surface area contributed by atoms with Crippen LogP contribution in [0.2, 0.25) is 0 Å². The molecular formula is C6H13BO4. The monoisotopic (exact) mass is 160 g/mol. The number of carbonyl (C=O) groups is 1. The lowest BCUT2D eigenvalue weighted by atomic mass is 9.92. The molecule has 0 aliphatic carbocycles. The van der Waals surface area contributed by atoms with E-state index in [2.05, 4.69) is 4.65 Å². The highest BCUT2D eigenvalue weighted by molar-refractivity contribution is 6.77. The number of carboxylic acid groups (broad SMARTS) is 1. The Kier molecular flexibility index (Phi) is 5.88. The molecular weight excluding hydrogens is 147 g/mol. The van der Waals surface area contributed by atoms with Gasteiger partial charge < -0.3 is 14.8 Å². The highest BCUT2D eigenvalue weighted by Crippen LogP contribution is 1.95. The third-order valence-corrected chi connectivity index (χ3v) is 1.23. The van der Waals surface area contributed by atoms with Gasteiger partial charge >= 0.3 is 13.0 Å². The fourth-order valence-corrected chi connectivity index (χ4v) is 0.618. The zero-order valence-electron chi connectivity index (χ0n) is 6.62. The summed E-state index contributed by atoms with van der Waals surface area (Å²) in [6.07, 6.45) is 2.83. The van der Waals surface area contributed by atoms with Gasteiger partial charge in [-0.1, -0.05) is 19.8 Å². The molecule has 0 aliphatic rings. The maximum atomic E-state index is 9.99. The van der Waals surface area contributed by atoms with Crippen LogP contribution < -0.4 is 0 Å². The van der Waals surface area contributed by atoms with Crippen molar-refractivity contribution in [1.29, 1.82) is 0 Å². The quantitative estimate of drug-likeness (QED) is 0.448. The van der Waals surface area contributed by atoms with Crippen molar-refractivity contribution in [3.8, 4) is 0 Å². The van der Waals surface area contributed by atoms with Gasteiger partial charge in [-0.05, 0) is 6.42 Å². The van der Waals surface area contributed by atoms with E-state index in [9.17, 15) is 4.79 Å². The number of hydrogen-bond acceptors (Lipinski definition) is 3. The SMILES string of the molecule is CCCCCOB(O)C(=O)O. The van der Waals surface area contributed by atoms with Crippen LogP contribution >= 0.6 is 0 Å². The maximum absolute atomic E-state index is 9.99. The molecule has 0 atom stereocenters. The molecule has 0 radical (unpaired) electrons. The van der Waals surface area contributed by atoms with E-state index >= 15 is 0 Å². The van der Waals surface area contributed by atoms with Crippen molar-refractivity contribution in [2.75, 3.05) is 6.61 Å². The van der Waals surface area contributed by atoms with Crippen molar-refractivity contribution in [3.63, 3.8) is 0 Å². The molecule has 0 bridgehead atoms. The Morgan fingerprint density at radius 3 is 2.64 bits per heavy atom. The second kappa shape index (κ2) is 6.18. The molecule has 0 heterocycles. The van der Waals surface area contributed by atoms with Crippen LogP contribution in [0, 0.1) is 0 Å². The van der Waals surface area contributed by atoms with Crippen molar-refractivity contribution >= 4 is 13.0 Å². The summed E-state index contributed by atoms with van der Waals surface area (Å²) in [5.41, 5.74) is 0. The lowest BCUT2D eigenvalue weighted by Gasteiger charge is -2.02. The van der Waals surface area contributed by atoms with Crippen LogP contribution in [0.5, 0.6) is 0 Å². The molecule has 5 heteroatoms. The minimum Gasteiger partial charge on any atom is -0.484 e. The van der Waals surface area contributed by atoms with Crippen molar-refractivity contribution in [2.24, 2.45) is 0 Å². The maximum Gasteiger partial charge on any atom is 0.581 e. The lowest BCUT2D eigenvalue weighted by molar-refractivity contribution is 0.192. The van der Waals surface area contributed by atoms with E-state index in [1.54, 1.807) is 0 Å². The zero-order chi connectivity index (χ0) is 8.69. The molecule has 0 unspecified atom stereocenters. The average Bonchev–Trinajstić information content (AvgIpc) is 1.97. The van der Waals surface area contributed by atoms with Gasteiger partial charge in [0.1, 0.15) is 0 Å². The Bertz CT molecular complexity index is 117. The van der Waals surface area contributed by atoms with Crippen LogP contribution in [-0.2, 0) is 4.65 Å². The van der Waals surface area contributed by atoms with Gasteiger partial charge in [-0.15, -0.1) is 0 Å². The molecule has 0 rings (SSSR count). The van der Waals surface area contributed by atoms with Crippen LogP contribution in [0.25, 0.3) is 0 Å². The molecule has 0 aromatic carbocycles. The molecule has 0 aromatic rings. The first-order valence-corrected chi connectivity index (χ1v) is 3.71. The van der Waals surface area contributed by atoms with E-state index in [0.717, 1.165) is 19.3 Å². The fourth-order valence-electron chi connectivity index (χ4n) is 0.618. The van der Waals surface area contributed by atoms with Gasteiger partial charge in [-0.2, -0.15) is 0 Å². The standard InChI is InChI=1S/C6H13BO4/c1-2-3-4-5-11-7(10)6(8)9/h10H,2-5H2,1H3,(H,8,9). The van der Waals surface area contributed by atoms with E-state index in [-0.39, 0.29) is 0 Å². The molecule has 0 saturated heterocycles. The first kappa shape index (κ1) is 10.5. The van der Waals surface area contributed by atoms with E-state index in [1.807, 2.05) is 6.92 Å². The van der Waals surface area contributed by atoms with E-state index in [4.69, 9.17) is 10.1 Å². The van der Waals surface area contributed by atoms with Gasteiger partial charge in [0.05, 0.1) is 0 Å². The summed E-state index contributed by atoms with van der Waals surface area (Å²) >= 11 is 0. The summed E-state index contributed by atoms with van der Waals surface area (Å²) in [7, 11) is -1.66. The van der Waals surface area contributed by atoms with Crippen LogP contribution in [0.3, 0.4) is 0 Å². The van der Waals surface area contributed by atoms with Crippen LogP contribution in [0.15, 0.2) is 0 Å². The minimum atomic E-state index is -1.66. The van der Waals surface area contributed by atoms with Gasteiger partial charge in [0, 0.05) is 6.61 Å². The lowest BCUT2D eigenvalue weighted by Crippen LogP contribution is -2.28. The van der Waals surface area contributed by atoms with Crippen LogP contribution in [0.1, 0.15) is 26.2 Å². The summed E-state index contributed by atoms with van der Waals surface area (Å²) in [6.45, 7) is 2.34. The first-order chi connectivity index (χ1) is 5.18. The van der Waals surface area contributed by atoms with E-state index in [0.29, 0.717) is 6.61 Å². The van der Waals surface area contributed by atoms with Crippen molar-refractivity contribution in [3.05, 3.63) is 0 Å². The van der Waals surface area contributed by atoms with E-state index in [1.165, 1.54) is 0 Å². The molecule has 0 fully saturated rings. The van der Waals surface area contributed by atoms with Crippen LogP contribution in [-0.4, -0.2) is 29.7 Å². The summed E-state index contributed by atoms with van der Waals surface area (Å²) in [6, 6.07) is 0. The molecule has 2 N–H and O–H groups in total. The summed E-state index contributed by atoms with van der Waals surface area (Å²) in [5, 5.41) is 16.8. The van der Waals surface area contributed by atoms with Gasteiger partial charge in [-0.25, -0.2) is 0 Å². The molecule has 11 heavy (non-hydrogen) atoms. The topological polar surface area (TPSA) is 66.8 Å². The Morgan fingerprint density at radius 1 is 1.55 bits per heavy atom. The van der Waals surface area contributed by atoms with Gasteiger partial charge in [0.2, 0.25) is 0 Å². The van der Waals surface area contributed by atoms with Gasteiger partial charge in [0.15, 0.2) is 0 Å². The Morgan fingerprint density at radius 2 is 2.18 bits per heavy atom. The van der Waals surface area contributed by atoms with Crippen molar-refractivity contribution in [2.45, 2.75) is 26.2 Å².